The highest BCUT2D eigenvalue weighted by molar-refractivity contribution is 6.23. The largest absolute Gasteiger partial charge is 0.340 e. The molecule has 4 aromatic carbocycles. The Morgan fingerprint density at radius 1 is 0.778 bits per heavy atom. The molecule has 0 unspecified atom stereocenters. The number of rotatable bonds is 7. The summed E-state index contributed by atoms with van der Waals surface area (Å²) in [6.45, 7) is 2.05. The van der Waals surface area contributed by atoms with Crippen LogP contribution in [0.4, 0.5) is 0 Å². The van der Waals surface area contributed by atoms with E-state index in [4.69, 9.17) is 11.5 Å². The summed E-state index contributed by atoms with van der Waals surface area (Å²) in [7, 11) is 0. The lowest BCUT2D eigenvalue weighted by Crippen LogP contribution is -2.38. The van der Waals surface area contributed by atoms with Crippen molar-refractivity contribution in [3.8, 4) is 0 Å². The first-order chi connectivity index (χ1) is 13.2. The summed E-state index contributed by atoms with van der Waals surface area (Å²) in [6, 6.07) is 19.5. The molecule has 0 aliphatic rings. The molecule has 27 heavy (non-hydrogen) atoms. The molecule has 4 rings (SSSR count). The first kappa shape index (κ1) is 17.7. The molecule has 4 heteroatoms. The van der Waals surface area contributed by atoms with Gasteiger partial charge >= 0.3 is 0 Å². The van der Waals surface area contributed by atoms with Crippen LogP contribution in [0.15, 0.2) is 54.6 Å². The molecule has 0 aromatic heterocycles. The van der Waals surface area contributed by atoms with Crippen LogP contribution in [0.1, 0.15) is 12.0 Å². The molecular weight excluding hydrogens is 334 g/mol. The van der Waals surface area contributed by atoms with E-state index in [1.165, 1.54) is 37.9 Å². The molecule has 0 saturated carbocycles. The van der Waals surface area contributed by atoms with Gasteiger partial charge in [0.25, 0.3) is 0 Å². The minimum atomic E-state index is 0.122. The smallest absolute Gasteiger partial charge is 0.222 e. The molecule has 4 N–H and O–H groups in total. The number of nitrogens with two attached hydrogens (primary N) is 2. The second-order valence-electron chi connectivity index (χ2n) is 7.04. The average Bonchev–Trinajstić information content (AvgIpc) is 2.70. The summed E-state index contributed by atoms with van der Waals surface area (Å²) in [6.07, 6.45) is 1.20. The summed E-state index contributed by atoms with van der Waals surface area (Å²) < 4.78 is 0. The van der Waals surface area contributed by atoms with Crippen molar-refractivity contribution in [3.63, 3.8) is 0 Å². The molecular formula is C23H25N3O. The number of carbonyl (C=O) groups excluding carboxylic acids is 1. The molecule has 0 fully saturated rings. The Morgan fingerprint density at radius 3 is 2.04 bits per heavy atom. The van der Waals surface area contributed by atoms with Crippen molar-refractivity contribution in [2.45, 2.75) is 12.8 Å². The average molecular weight is 359 g/mol. The lowest BCUT2D eigenvalue weighted by Gasteiger charge is -2.21. The number of aryl methyl sites for hydroxylation is 1. The van der Waals surface area contributed by atoms with Crippen LogP contribution < -0.4 is 11.5 Å². The zero-order chi connectivity index (χ0) is 18.8. The minimum absolute atomic E-state index is 0.122. The van der Waals surface area contributed by atoms with Crippen LogP contribution in [0.3, 0.4) is 0 Å². The van der Waals surface area contributed by atoms with Crippen LogP contribution in [0.2, 0.25) is 0 Å². The predicted molar refractivity (Wildman–Crippen MR) is 113 cm³/mol. The number of nitrogens with zero attached hydrogens (tertiary/aromatic N) is 1. The SMILES string of the molecule is NCCN(CCN)C(=O)CCc1ccc2ccc3cccc4ccc1c2c34. The number of benzene rings is 4. The van der Waals surface area contributed by atoms with Crippen LogP contribution >= 0.6 is 0 Å². The Labute approximate surface area is 159 Å². The van der Waals surface area contributed by atoms with Crippen LogP contribution in [-0.4, -0.2) is 37.0 Å². The summed E-state index contributed by atoms with van der Waals surface area (Å²) in [5, 5.41) is 7.63. The van der Waals surface area contributed by atoms with E-state index < -0.39 is 0 Å². The van der Waals surface area contributed by atoms with Crippen LogP contribution in [0.25, 0.3) is 32.3 Å². The van der Waals surface area contributed by atoms with Gasteiger partial charge in [-0.05, 0) is 44.3 Å². The standard InChI is InChI=1S/C23H25N3O/c24-12-14-26(15-13-25)21(27)11-9-16-4-5-19-7-6-17-2-1-3-18-8-10-20(16)23(19)22(17)18/h1-8,10H,9,11-15,24-25H2. The van der Waals surface area contributed by atoms with Gasteiger partial charge in [-0.3, -0.25) is 4.79 Å². The minimum Gasteiger partial charge on any atom is -0.340 e. The fourth-order valence-electron chi connectivity index (χ4n) is 4.09. The van der Waals surface area contributed by atoms with Crippen molar-refractivity contribution < 1.29 is 4.79 Å². The molecule has 0 aliphatic carbocycles. The van der Waals surface area contributed by atoms with E-state index in [0.29, 0.717) is 32.6 Å². The molecule has 0 atom stereocenters. The second-order valence-corrected chi connectivity index (χ2v) is 7.04. The topological polar surface area (TPSA) is 72.3 Å². The van der Waals surface area contributed by atoms with E-state index in [-0.39, 0.29) is 5.91 Å². The second kappa shape index (κ2) is 7.51. The summed E-state index contributed by atoms with van der Waals surface area (Å²) in [5.41, 5.74) is 12.5. The quantitative estimate of drug-likeness (QED) is 0.498. The van der Waals surface area contributed by atoms with Crippen LogP contribution in [-0.2, 0) is 11.2 Å². The van der Waals surface area contributed by atoms with E-state index >= 15 is 0 Å². The van der Waals surface area contributed by atoms with Gasteiger partial charge < -0.3 is 16.4 Å². The number of carbonyl (C=O) groups is 1. The maximum atomic E-state index is 12.6. The maximum absolute atomic E-state index is 12.6. The molecule has 0 spiro atoms. The highest BCUT2D eigenvalue weighted by Crippen LogP contribution is 2.36. The van der Waals surface area contributed by atoms with Crippen molar-refractivity contribution in [3.05, 3.63) is 60.2 Å². The van der Waals surface area contributed by atoms with Gasteiger partial charge in [-0.25, -0.2) is 0 Å². The Morgan fingerprint density at radius 2 is 1.37 bits per heavy atom. The number of hydrogen-bond acceptors (Lipinski definition) is 3. The normalized spacial score (nSPS) is 11.6. The molecule has 0 bridgehead atoms. The molecule has 0 heterocycles. The first-order valence-electron chi connectivity index (χ1n) is 9.56. The summed E-state index contributed by atoms with van der Waals surface area (Å²) in [5.74, 6) is 0.122. The van der Waals surface area contributed by atoms with Crippen molar-refractivity contribution in [2.24, 2.45) is 11.5 Å². The zero-order valence-electron chi connectivity index (χ0n) is 15.4. The van der Waals surface area contributed by atoms with Crippen molar-refractivity contribution in [1.82, 2.24) is 4.90 Å². The Balaban J connectivity index is 1.69. The molecule has 4 aromatic rings. The zero-order valence-corrected chi connectivity index (χ0v) is 15.4. The summed E-state index contributed by atoms with van der Waals surface area (Å²) >= 11 is 0. The van der Waals surface area contributed by atoms with Crippen molar-refractivity contribution in [2.75, 3.05) is 26.2 Å². The van der Waals surface area contributed by atoms with Gasteiger partial charge in [0.15, 0.2) is 0 Å². The van der Waals surface area contributed by atoms with E-state index in [9.17, 15) is 4.79 Å². The van der Waals surface area contributed by atoms with Crippen LogP contribution in [0, 0.1) is 0 Å². The molecule has 0 radical (unpaired) electrons. The van der Waals surface area contributed by atoms with E-state index in [0.717, 1.165) is 6.42 Å². The van der Waals surface area contributed by atoms with E-state index in [2.05, 4.69) is 54.6 Å². The fourth-order valence-corrected chi connectivity index (χ4v) is 4.09. The Bertz CT molecular complexity index is 1070. The van der Waals surface area contributed by atoms with Gasteiger partial charge in [-0.15, -0.1) is 0 Å². The highest BCUT2D eigenvalue weighted by Gasteiger charge is 2.14. The molecule has 0 aliphatic heterocycles. The Kier molecular flexibility index (Phi) is 4.92. The Hall–Kier alpha value is -2.69. The van der Waals surface area contributed by atoms with Crippen LogP contribution in [0.5, 0.6) is 0 Å². The van der Waals surface area contributed by atoms with Gasteiger partial charge in [-0.1, -0.05) is 54.6 Å². The van der Waals surface area contributed by atoms with Crippen molar-refractivity contribution in [1.29, 1.82) is 0 Å². The third kappa shape index (κ3) is 3.22. The van der Waals surface area contributed by atoms with Gasteiger partial charge in [0.1, 0.15) is 0 Å². The third-order valence-electron chi connectivity index (χ3n) is 5.38. The fraction of sp³-hybridized carbons (Fsp3) is 0.261. The van der Waals surface area contributed by atoms with Gasteiger partial charge in [0, 0.05) is 32.6 Å². The van der Waals surface area contributed by atoms with E-state index in [1.54, 1.807) is 4.90 Å². The maximum Gasteiger partial charge on any atom is 0.222 e. The van der Waals surface area contributed by atoms with Gasteiger partial charge in [-0.2, -0.15) is 0 Å². The predicted octanol–water partition coefficient (Wildman–Crippen LogP) is 3.26. The monoisotopic (exact) mass is 359 g/mol. The lowest BCUT2D eigenvalue weighted by atomic mass is 9.91. The molecule has 1 amide bonds. The number of amides is 1. The molecule has 0 saturated heterocycles. The van der Waals surface area contributed by atoms with Gasteiger partial charge in [0.2, 0.25) is 5.91 Å². The third-order valence-corrected chi connectivity index (χ3v) is 5.38. The summed E-state index contributed by atoms with van der Waals surface area (Å²) in [4.78, 5) is 14.4. The molecule has 4 nitrogen and oxygen atoms in total. The highest BCUT2D eigenvalue weighted by atomic mass is 16.2. The number of hydrogen-bond donors (Lipinski definition) is 2. The van der Waals surface area contributed by atoms with E-state index in [1.807, 2.05) is 0 Å². The van der Waals surface area contributed by atoms with Gasteiger partial charge in [0.05, 0.1) is 0 Å². The first-order valence-corrected chi connectivity index (χ1v) is 9.56. The lowest BCUT2D eigenvalue weighted by molar-refractivity contribution is -0.130. The van der Waals surface area contributed by atoms with Crippen molar-refractivity contribution >= 4 is 38.2 Å². The molecule has 138 valence electrons.